The molecule has 0 aliphatic carbocycles. The standard InChI is InChI=1S/C19H24N4O2/c1-13(5-8-16-4-3-11-23(16)2)20-19(25)21-15-7-9-17-14(12-15)6-10-18(24)22-17/h3-4,7,9,11-13H,5-6,8,10H2,1-2H3,(H,22,24)(H2,20,21,25)/t13-/m1/s1. The van der Waals surface area contributed by atoms with E-state index in [2.05, 4.69) is 26.6 Å². The van der Waals surface area contributed by atoms with E-state index in [1.807, 2.05) is 38.4 Å². The maximum atomic E-state index is 12.2. The highest BCUT2D eigenvalue weighted by Crippen LogP contribution is 2.25. The third kappa shape index (κ3) is 4.41. The number of hydrogen-bond donors (Lipinski definition) is 3. The second kappa shape index (κ2) is 7.42. The van der Waals surface area contributed by atoms with E-state index in [0.29, 0.717) is 12.8 Å². The van der Waals surface area contributed by atoms with E-state index in [-0.39, 0.29) is 18.0 Å². The SMILES string of the molecule is C[C@H](CCc1cccn1C)NC(=O)Nc1ccc2c(c1)CCC(=O)N2. The first-order valence-corrected chi connectivity index (χ1v) is 8.62. The Morgan fingerprint density at radius 1 is 1.32 bits per heavy atom. The highest BCUT2D eigenvalue weighted by molar-refractivity contribution is 5.95. The molecule has 0 unspecified atom stereocenters. The molecule has 3 N–H and O–H groups in total. The van der Waals surface area contributed by atoms with E-state index in [0.717, 1.165) is 29.8 Å². The van der Waals surface area contributed by atoms with Gasteiger partial charge in [-0.1, -0.05) is 0 Å². The van der Waals surface area contributed by atoms with Gasteiger partial charge in [0.05, 0.1) is 0 Å². The zero-order valence-electron chi connectivity index (χ0n) is 14.6. The number of fused-ring (bicyclic) bond motifs is 1. The van der Waals surface area contributed by atoms with Gasteiger partial charge >= 0.3 is 6.03 Å². The van der Waals surface area contributed by atoms with E-state index >= 15 is 0 Å². The molecule has 0 bridgehead atoms. The summed E-state index contributed by atoms with van der Waals surface area (Å²) in [4.78, 5) is 23.6. The molecule has 1 atom stereocenters. The van der Waals surface area contributed by atoms with Crippen LogP contribution in [0.25, 0.3) is 0 Å². The molecular weight excluding hydrogens is 316 g/mol. The third-order valence-electron chi connectivity index (χ3n) is 4.52. The summed E-state index contributed by atoms with van der Waals surface area (Å²) in [7, 11) is 2.03. The van der Waals surface area contributed by atoms with E-state index in [9.17, 15) is 9.59 Å². The Bertz CT molecular complexity index is 781. The molecule has 0 radical (unpaired) electrons. The van der Waals surface area contributed by atoms with Crippen LogP contribution in [0.3, 0.4) is 0 Å². The van der Waals surface area contributed by atoms with Crippen LogP contribution in [0.4, 0.5) is 16.2 Å². The number of aryl methyl sites for hydroxylation is 3. The fourth-order valence-corrected chi connectivity index (χ4v) is 3.04. The number of amides is 3. The summed E-state index contributed by atoms with van der Waals surface area (Å²) in [6.45, 7) is 2.00. The average Bonchev–Trinajstić information content (AvgIpc) is 2.98. The van der Waals surface area contributed by atoms with E-state index in [1.54, 1.807) is 6.07 Å². The highest BCUT2D eigenvalue weighted by Gasteiger charge is 2.15. The number of hydrogen-bond acceptors (Lipinski definition) is 2. The van der Waals surface area contributed by atoms with Crippen molar-refractivity contribution >= 4 is 23.3 Å². The van der Waals surface area contributed by atoms with E-state index in [4.69, 9.17) is 0 Å². The average molecular weight is 340 g/mol. The number of rotatable bonds is 5. The van der Waals surface area contributed by atoms with Crippen molar-refractivity contribution in [1.29, 1.82) is 0 Å². The molecule has 0 spiro atoms. The Hall–Kier alpha value is -2.76. The number of carbonyl (C=O) groups is 2. The summed E-state index contributed by atoms with van der Waals surface area (Å²) in [5.74, 6) is 0.0398. The first-order valence-electron chi connectivity index (χ1n) is 8.62. The van der Waals surface area contributed by atoms with Crippen molar-refractivity contribution in [2.45, 2.75) is 38.6 Å². The molecule has 6 nitrogen and oxygen atoms in total. The number of benzene rings is 1. The number of anilines is 2. The lowest BCUT2D eigenvalue weighted by Crippen LogP contribution is -2.36. The molecule has 132 valence electrons. The number of nitrogens with one attached hydrogen (secondary N) is 3. The van der Waals surface area contributed by atoms with Crippen LogP contribution < -0.4 is 16.0 Å². The van der Waals surface area contributed by atoms with Gasteiger partial charge in [-0.15, -0.1) is 0 Å². The molecule has 3 rings (SSSR count). The van der Waals surface area contributed by atoms with Gasteiger partial charge in [-0.3, -0.25) is 4.79 Å². The molecule has 1 aromatic heterocycles. The first kappa shape index (κ1) is 17.1. The van der Waals surface area contributed by atoms with Crippen LogP contribution in [0.5, 0.6) is 0 Å². The fraction of sp³-hybridized carbons (Fsp3) is 0.368. The lowest BCUT2D eigenvalue weighted by Gasteiger charge is -2.19. The molecule has 2 heterocycles. The summed E-state index contributed by atoms with van der Waals surface area (Å²) in [6, 6.07) is 9.55. The fourth-order valence-electron chi connectivity index (χ4n) is 3.04. The number of urea groups is 1. The van der Waals surface area contributed by atoms with Gasteiger partial charge in [0.15, 0.2) is 0 Å². The van der Waals surface area contributed by atoms with Crippen molar-refractivity contribution in [3.63, 3.8) is 0 Å². The molecular formula is C19H24N4O2. The highest BCUT2D eigenvalue weighted by atomic mass is 16.2. The predicted molar refractivity (Wildman–Crippen MR) is 98.7 cm³/mol. The zero-order valence-corrected chi connectivity index (χ0v) is 14.6. The van der Waals surface area contributed by atoms with Crippen molar-refractivity contribution in [2.24, 2.45) is 7.05 Å². The Morgan fingerprint density at radius 3 is 2.92 bits per heavy atom. The molecule has 3 amide bonds. The van der Waals surface area contributed by atoms with Crippen molar-refractivity contribution in [1.82, 2.24) is 9.88 Å². The minimum atomic E-state index is -0.209. The van der Waals surface area contributed by atoms with E-state index in [1.165, 1.54) is 5.69 Å². The number of carbonyl (C=O) groups excluding carboxylic acids is 2. The lowest BCUT2D eigenvalue weighted by atomic mass is 10.0. The van der Waals surface area contributed by atoms with Crippen LogP contribution in [0.2, 0.25) is 0 Å². The minimum Gasteiger partial charge on any atom is -0.354 e. The normalized spacial score (nSPS) is 14.4. The van der Waals surface area contributed by atoms with E-state index < -0.39 is 0 Å². The maximum absolute atomic E-state index is 12.2. The van der Waals surface area contributed by atoms with Gasteiger partial charge < -0.3 is 20.5 Å². The lowest BCUT2D eigenvalue weighted by molar-refractivity contribution is -0.116. The third-order valence-corrected chi connectivity index (χ3v) is 4.52. The van der Waals surface area contributed by atoms with Gasteiger partial charge in [-0.2, -0.15) is 0 Å². The predicted octanol–water partition coefficient (Wildman–Crippen LogP) is 3.05. The summed E-state index contributed by atoms with van der Waals surface area (Å²) >= 11 is 0. The maximum Gasteiger partial charge on any atom is 0.319 e. The van der Waals surface area contributed by atoms with Gasteiger partial charge in [-0.25, -0.2) is 4.79 Å². The van der Waals surface area contributed by atoms with Gasteiger partial charge in [-0.05, 0) is 62.1 Å². The van der Waals surface area contributed by atoms with Crippen molar-refractivity contribution < 1.29 is 9.59 Å². The van der Waals surface area contributed by atoms with Crippen LogP contribution in [0.1, 0.15) is 31.0 Å². The number of nitrogens with zero attached hydrogens (tertiary/aromatic N) is 1. The topological polar surface area (TPSA) is 75.2 Å². The minimum absolute atomic E-state index is 0.0398. The quantitative estimate of drug-likeness (QED) is 0.782. The molecule has 1 aromatic carbocycles. The van der Waals surface area contributed by atoms with Crippen molar-refractivity contribution in [3.8, 4) is 0 Å². The van der Waals surface area contributed by atoms with Gasteiger partial charge in [0.2, 0.25) is 5.91 Å². The molecule has 1 aliphatic heterocycles. The smallest absolute Gasteiger partial charge is 0.319 e. The van der Waals surface area contributed by atoms with Crippen molar-refractivity contribution in [2.75, 3.05) is 10.6 Å². The molecule has 0 fully saturated rings. The van der Waals surface area contributed by atoms with Crippen LogP contribution in [0, 0.1) is 0 Å². The molecule has 0 saturated heterocycles. The Balaban J connectivity index is 1.50. The molecule has 1 aliphatic rings. The summed E-state index contributed by atoms with van der Waals surface area (Å²) in [5.41, 5.74) is 3.88. The van der Waals surface area contributed by atoms with Crippen LogP contribution >= 0.6 is 0 Å². The molecule has 25 heavy (non-hydrogen) atoms. The molecule has 2 aromatic rings. The summed E-state index contributed by atoms with van der Waals surface area (Å²) in [6.07, 6.45) is 5.01. The second-order valence-corrected chi connectivity index (χ2v) is 6.57. The Morgan fingerprint density at radius 2 is 2.16 bits per heavy atom. The first-order chi connectivity index (χ1) is 12.0. The summed E-state index contributed by atoms with van der Waals surface area (Å²) < 4.78 is 2.10. The molecule has 6 heteroatoms. The molecule has 0 saturated carbocycles. The van der Waals surface area contributed by atoms with Gasteiger partial charge in [0.1, 0.15) is 0 Å². The summed E-state index contributed by atoms with van der Waals surface area (Å²) in [5, 5.41) is 8.68. The number of aromatic nitrogens is 1. The largest absolute Gasteiger partial charge is 0.354 e. The van der Waals surface area contributed by atoms with Crippen LogP contribution in [-0.4, -0.2) is 22.5 Å². The van der Waals surface area contributed by atoms with Gasteiger partial charge in [0, 0.05) is 42.8 Å². The Kier molecular flexibility index (Phi) is 5.07. The van der Waals surface area contributed by atoms with Gasteiger partial charge in [0.25, 0.3) is 0 Å². The monoisotopic (exact) mass is 340 g/mol. The van der Waals surface area contributed by atoms with Crippen molar-refractivity contribution in [3.05, 3.63) is 47.8 Å². The van der Waals surface area contributed by atoms with Crippen LogP contribution in [-0.2, 0) is 24.7 Å². The zero-order chi connectivity index (χ0) is 17.8. The second-order valence-electron chi connectivity index (χ2n) is 6.57. The van der Waals surface area contributed by atoms with Crippen LogP contribution in [0.15, 0.2) is 36.5 Å². The Labute approximate surface area is 147 Å².